The first kappa shape index (κ1) is 21.7. The highest BCUT2D eigenvalue weighted by molar-refractivity contribution is 5.84. The van der Waals surface area contributed by atoms with Crippen LogP contribution < -0.4 is 11.1 Å². The largest absolute Gasteiger partial charge is 0.384 e. The molecule has 1 aromatic heterocycles. The summed E-state index contributed by atoms with van der Waals surface area (Å²) in [6.45, 7) is 2.42. The fourth-order valence-electron chi connectivity index (χ4n) is 4.91. The van der Waals surface area contributed by atoms with Crippen LogP contribution in [0.4, 0.5) is 14.6 Å². The van der Waals surface area contributed by atoms with E-state index in [1.807, 2.05) is 42.5 Å². The number of amides is 1. The number of benzene rings is 1. The van der Waals surface area contributed by atoms with E-state index in [4.69, 9.17) is 5.73 Å². The Kier molecular flexibility index (Phi) is 6.51. The third-order valence-corrected chi connectivity index (χ3v) is 6.50. The summed E-state index contributed by atoms with van der Waals surface area (Å²) in [6, 6.07) is 15.1. The Balaban J connectivity index is 1.36. The first-order valence-electron chi connectivity index (χ1n) is 11.1. The monoisotopic (exact) mass is 428 g/mol. The number of hydrogen-bond acceptors (Lipinski definition) is 4. The average Bonchev–Trinajstić information content (AvgIpc) is 3.09. The van der Waals surface area contributed by atoms with Crippen molar-refractivity contribution in [3.05, 3.63) is 59.8 Å². The lowest BCUT2D eigenvalue weighted by molar-refractivity contribution is -0.125. The van der Waals surface area contributed by atoms with Crippen LogP contribution in [0.1, 0.15) is 49.3 Å². The van der Waals surface area contributed by atoms with E-state index in [0.717, 1.165) is 43.7 Å². The molecule has 2 heterocycles. The number of alkyl halides is 2. The molecule has 1 aliphatic heterocycles. The van der Waals surface area contributed by atoms with E-state index < -0.39 is 11.8 Å². The number of nitrogen functional groups attached to an aromatic ring is 1. The number of halogens is 2. The minimum atomic E-state index is -2.67. The Labute approximate surface area is 182 Å². The van der Waals surface area contributed by atoms with Gasteiger partial charge in [-0.3, -0.25) is 9.69 Å². The summed E-state index contributed by atoms with van der Waals surface area (Å²) in [7, 11) is 0. The Morgan fingerprint density at radius 2 is 1.87 bits per heavy atom. The number of nitrogens with zero attached hydrogens (tertiary/aromatic N) is 2. The highest BCUT2D eigenvalue weighted by atomic mass is 19.3. The minimum absolute atomic E-state index is 0.0608. The zero-order valence-corrected chi connectivity index (χ0v) is 17.6. The number of aromatic nitrogens is 1. The summed E-state index contributed by atoms with van der Waals surface area (Å²) in [4.78, 5) is 19.9. The first-order chi connectivity index (χ1) is 14.9. The zero-order chi connectivity index (χ0) is 21.8. The summed E-state index contributed by atoms with van der Waals surface area (Å²) in [5.41, 5.74) is 7.53. The van der Waals surface area contributed by atoms with Gasteiger partial charge in [-0.15, -0.1) is 0 Å². The Morgan fingerprint density at radius 1 is 1.13 bits per heavy atom. The molecule has 3 N–H and O–H groups in total. The molecule has 1 aromatic carbocycles. The second kappa shape index (κ2) is 9.30. The van der Waals surface area contributed by atoms with Crippen LogP contribution in [0.3, 0.4) is 0 Å². The number of likely N-dealkylation sites (tertiary alicyclic amines) is 1. The van der Waals surface area contributed by atoms with Gasteiger partial charge >= 0.3 is 0 Å². The van der Waals surface area contributed by atoms with Crippen LogP contribution in [0.25, 0.3) is 0 Å². The molecule has 1 unspecified atom stereocenters. The molecule has 7 heteroatoms. The van der Waals surface area contributed by atoms with Gasteiger partial charge in [0.2, 0.25) is 11.8 Å². The number of pyridine rings is 1. The van der Waals surface area contributed by atoms with Crippen molar-refractivity contribution in [3.8, 4) is 0 Å². The molecule has 0 spiro atoms. The fraction of sp³-hybridized carbons (Fsp3) is 0.500. The van der Waals surface area contributed by atoms with E-state index in [0.29, 0.717) is 12.2 Å². The average molecular weight is 429 g/mol. The van der Waals surface area contributed by atoms with E-state index in [1.165, 1.54) is 0 Å². The van der Waals surface area contributed by atoms with Gasteiger partial charge in [-0.1, -0.05) is 36.4 Å². The number of nitrogens with one attached hydrogen (secondary N) is 1. The molecule has 5 nitrogen and oxygen atoms in total. The van der Waals surface area contributed by atoms with Crippen LogP contribution in [0.15, 0.2) is 48.5 Å². The number of piperidine rings is 1. The third-order valence-electron chi connectivity index (χ3n) is 6.50. The molecule has 2 atom stereocenters. The summed E-state index contributed by atoms with van der Waals surface area (Å²) in [6.07, 6.45) is 1.69. The van der Waals surface area contributed by atoms with Crippen LogP contribution in [0, 0.1) is 5.92 Å². The van der Waals surface area contributed by atoms with Crippen molar-refractivity contribution in [2.24, 2.45) is 5.92 Å². The smallest absolute Gasteiger partial charge is 0.248 e. The van der Waals surface area contributed by atoms with Crippen LogP contribution in [0.5, 0.6) is 0 Å². The Morgan fingerprint density at radius 3 is 2.52 bits per heavy atom. The highest BCUT2D eigenvalue weighted by Crippen LogP contribution is 2.45. The lowest BCUT2D eigenvalue weighted by Gasteiger charge is -2.33. The van der Waals surface area contributed by atoms with Gasteiger partial charge in [0.15, 0.2) is 0 Å². The van der Waals surface area contributed by atoms with Gasteiger partial charge in [0.25, 0.3) is 0 Å². The number of hydrogen-bond donors (Lipinski definition) is 2. The molecule has 2 fully saturated rings. The van der Waals surface area contributed by atoms with Crippen molar-refractivity contribution in [1.29, 1.82) is 0 Å². The topological polar surface area (TPSA) is 71.2 Å². The number of rotatable bonds is 6. The lowest BCUT2D eigenvalue weighted by atomic mass is 9.83. The van der Waals surface area contributed by atoms with Crippen molar-refractivity contribution >= 4 is 11.7 Å². The number of anilines is 1. The summed E-state index contributed by atoms with van der Waals surface area (Å²) in [5.74, 6) is -3.12. The fourth-order valence-corrected chi connectivity index (χ4v) is 4.91. The molecular formula is C24H30F2N4O. The van der Waals surface area contributed by atoms with Gasteiger partial charge in [0.05, 0.1) is 11.6 Å². The number of carbonyl (C=O) groups excluding carboxylic acids is 1. The van der Waals surface area contributed by atoms with E-state index >= 15 is 0 Å². The van der Waals surface area contributed by atoms with Crippen molar-refractivity contribution in [2.75, 3.05) is 18.8 Å². The van der Waals surface area contributed by atoms with Crippen molar-refractivity contribution < 1.29 is 13.6 Å². The van der Waals surface area contributed by atoms with Gasteiger partial charge in [0.1, 0.15) is 5.82 Å². The molecule has 1 saturated carbocycles. The van der Waals surface area contributed by atoms with Crippen LogP contribution >= 0.6 is 0 Å². The summed E-state index contributed by atoms with van der Waals surface area (Å²) >= 11 is 0. The predicted octanol–water partition coefficient (Wildman–Crippen LogP) is 3.96. The SMILES string of the molecule is Nc1cccc(CN2CCC(NC(=O)[C@H](c3ccccc3)C3CCC(F)(F)C3)CC2)n1. The predicted molar refractivity (Wildman–Crippen MR) is 117 cm³/mol. The minimum Gasteiger partial charge on any atom is -0.384 e. The van der Waals surface area contributed by atoms with E-state index in [-0.39, 0.29) is 30.7 Å². The van der Waals surface area contributed by atoms with E-state index in [9.17, 15) is 13.6 Å². The van der Waals surface area contributed by atoms with Crippen molar-refractivity contribution in [3.63, 3.8) is 0 Å². The quantitative estimate of drug-likeness (QED) is 0.731. The van der Waals surface area contributed by atoms with Gasteiger partial charge in [-0.2, -0.15) is 0 Å². The van der Waals surface area contributed by atoms with Crippen molar-refractivity contribution in [2.45, 2.75) is 56.5 Å². The maximum Gasteiger partial charge on any atom is 0.248 e. The van der Waals surface area contributed by atoms with E-state index in [1.54, 1.807) is 6.07 Å². The Bertz CT molecular complexity index is 884. The maximum absolute atomic E-state index is 13.9. The van der Waals surface area contributed by atoms with Gasteiger partial charge < -0.3 is 11.1 Å². The van der Waals surface area contributed by atoms with Gasteiger partial charge in [0, 0.05) is 38.5 Å². The molecule has 2 aromatic rings. The van der Waals surface area contributed by atoms with Crippen LogP contribution in [-0.2, 0) is 11.3 Å². The second-order valence-corrected chi connectivity index (χ2v) is 8.86. The maximum atomic E-state index is 13.9. The van der Waals surface area contributed by atoms with Gasteiger partial charge in [-0.05, 0) is 42.9 Å². The Hall–Kier alpha value is -2.54. The van der Waals surface area contributed by atoms with Crippen molar-refractivity contribution in [1.82, 2.24) is 15.2 Å². The molecule has 4 rings (SSSR count). The molecule has 0 radical (unpaired) electrons. The normalized spacial score (nSPS) is 22.8. The molecule has 0 bridgehead atoms. The summed E-state index contributed by atoms with van der Waals surface area (Å²) in [5, 5.41) is 3.17. The molecule has 1 amide bonds. The molecule has 31 heavy (non-hydrogen) atoms. The molecule has 1 aliphatic carbocycles. The lowest BCUT2D eigenvalue weighted by Crippen LogP contribution is -2.46. The van der Waals surface area contributed by atoms with Gasteiger partial charge in [-0.25, -0.2) is 13.8 Å². The molecule has 1 saturated heterocycles. The molecule has 2 aliphatic rings. The van der Waals surface area contributed by atoms with Crippen LogP contribution in [-0.4, -0.2) is 40.8 Å². The second-order valence-electron chi connectivity index (χ2n) is 8.86. The summed E-state index contributed by atoms with van der Waals surface area (Å²) < 4.78 is 27.8. The standard InChI is InChI=1S/C24H30F2N4O/c25-24(26)12-9-18(15-24)22(17-5-2-1-3-6-17)23(31)29-19-10-13-30(14-11-19)16-20-7-4-8-21(27)28-20/h1-8,18-19,22H,9-16H2,(H2,27,28)(H,29,31)/t18?,22-/m1/s1. The van der Waals surface area contributed by atoms with E-state index in [2.05, 4.69) is 15.2 Å². The number of nitrogens with two attached hydrogens (primary N) is 1. The molecular weight excluding hydrogens is 398 g/mol. The zero-order valence-electron chi connectivity index (χ0n) is 17.6. The van der Waals surface area contributed by atoms with Crippen LogP contribution in [0.2, 0.25) is 0 Å². The first-order valence-corrected chi connectivity index (χ1v) is 11.1. The highest BCUT2D eigenvalue weighted by Gasteiger charge is 2.45. The third kappa shape index (κ3) is 5.58. The molecule has 166 valence electrons. The number of carbonyl (C=O) groups is 1.